The van der Waals surface area contributed by atoms with Gasteiger partial charge in [0, 0.05) is 35.3 Å². The molecule has 6 rings (SSSR count). The van der Waals surface area contributed by atoms with Crippen LogP contribution in [0.5, 0.6) is 5.75 Å². The molecule has 0 aliphatic carbocycles. The van der Waals surface area contributed by atoms with Crippen LogP contribution in [0, 0.1) is 0 Å². The number of rotatable bonds is 5. The fraction of sp³-hybridized carbons (Fsp3) is 0.154. The Morgan fingerprint density at radius 1 is 0.467 bits per heavy atom. The van der Waals surface area contributed by atoms with E-state index in [0.717, 1.165) is 39.5 Å². The van der Waals surface area contributed by atoms with E-state index in [1.807, 2.05) is 122 Å². The summed E-state index contributed by atoms with van der Waals surface area (Å²) in [7, 11) is -1.79. The van der Waals surface area contributed by atoms with Gasteiger partial charge >= 0.3 is 20.1 Å². The largest absolute Gasteiger partial charge is 3.00 e. The Balaban J connectivity index is 0.000000191. The normalized spacial score (nSPS) is 10.6. The van der Waals surface area contributed by atoms with Gasteiger partial charge in [0.1, 0.15) is 5.75 Å². The van der Waals surface area contributed by atoms with Crippen LogP contribution >= 0.6 is 0 Å². The van der Waals surface area contributed by atoms with Crippen molar-refractivity contribution in [3.05, 3.63) is 158 Å². The van der Waals surface area contributed by atoms with E-state index in [1.165, 1.54) is 0 Å². The average Bonchev–Trinajstić information content (AvgIpc) is 3.07. The van der Waals surface area contributed by atoms with Gasteiger partial charge in [0.05, 0.1) is 17.1 Å². The molecule has 0 amide bonds. The third-order valence-corrected chi connectivity index (χ3v) is 11.8. The molecule has 0 atom stereocenters. The van der Waals surface area contributed by atoms with Crippen molar-refractivity contribution in [2.75, 3.05) is 0 Å². The van der Waals surface area contributed by atoms with Crippen molar-refractivity contribution < 1.29 is 24.5 Å². The van der Waals surface area contributed by atoms with Crippen molar-refractivity contribution in [3.8, 4) is 39.5 Å². The second-order valence-corrected chi connectivity index (χ2v) is 16.5. The van der Waals surface area contributed by atoms with E-state index < -0.39 is 8.32 Å². The van der Waals surface area contributed by atoms with Crippen molar-refractivity contribution in [1.29, 1.82) is 0 Å². The number of hydrogen-bond donors (Lipinski definition) is 0. The smallest absolute Gasteiger partial charge is 0.543 e. The monoisotopic (exact) mass is 788 g/mol. The van der Waals surface area contributed by atoms with E-state index >= 15 is 0 Å². The van der Waals surface area contributed by atoms with Gasteiger partial charge in [-0.1, -0.05) is 112 Å². The average molecular weight is 788 g/mol. The summed E-state index contributed by atoms with van der Waals surface area (Å²) < 4.78 is 6.34. The summed E-state index contributed by atoms with van der Waals surface area (Å²) in [6.07, 6.45) is 5.43. The predicted molar refractivity (Wildman–Crippen MR) is 187 cm³/mol. The Morgan fingerprint density at radius 2 is 0.844 bits per heavy atom. The second kappa shape index (κ2) is 17.3. The molecule has 0 bridgehead atoms. The molecule has 0 N–H and O–H groups in total. The van der Waals surface area contributed by atoms with Gasteiger partial charge in [-0.15, -0.1) is 0 Å². The zero-order valence-electron chi connectivity index (χ0n) is 26.6. The Kier molecular flexibility index (Phi) is 13.6. The quantitative estimate of drug-likeness (QED) is 0.163. The molecule has 3 aromatic carbocycles. The molecule has 0 radical (unpaired) electrons. The first-order chi connectivity index (χ1) is 21.2. The van der Waals surface area contributed by atoms with Gasteiger partial charge < -0.3 is 4.43 Å². The molecule has 4 nitrogen and oxygen atoms in total. The van der Waals surface area contributed by atoms with Crippen molar-refractivity contribution in [2.45, 2.75) is 38.9 Å². The number of benzene rings is 3. The molecule has 0 spiro atoms. The van der Waals surface area contributed by atoms with Crippen LogP contribution in [0.4, 0.5) is 0 Å². The van der Waals surface area contributed by atoms with Crippen molar-refractivity contribution in [2.24, 2.45) is 0 Å². The molecule has 6 aromatic rings. The van der Waals surface area contributed by atoms with Crippen LogP contribution in [0.1, 0.15) is 20.8 Å². The van der Waals surface area contributed by atoms with Crippen LogP contribution in [0.15, 0.2) is 158 Å². The minimum Gasteiger partial charge on any atom is -0.543 e. The molecule has 3 heterocycles. The van der Waals surface area contributed by atoms with Crippen LogP contribution in [0.25, 0.3) is 33.8 Å². The first-order valence-electron chi connectivity index (χ1n) is 14.9. The van der Waals surface area contributed by atoms with E-state index in [2.05, 4.69) is 85.2 Å². The molecular weight excluding hydrogens is 747 g/mol. The molecule has 0 saturated carbocycles. The summed E-state index contributed by atoms with van der Waals surface area (Å²) in [5, 5.41) is 0.202. The topological polar surface area (TPSA) is 47.9 Å². The number of hydrogen-bond acceptors (Lipinski definition) is 4. The van der Waals surface area contributed by atoms with Crippen LogP contribution in [-0.4, -0.2) is 23.3 Å². The SMILES string of the molecule is CC(C)(C)[Si](C)(C)Oc1cccc(-c2ccccn2)c1.[Ir+3].c1ccc(-c2ccccn2)cc1.c1ccc(-c2ccccn2)cc1. The van der Waals surface area contributed by atoms with Crippen molar-refractivity contribution >= 4 is 8.32 Å². The molecule has 0 fully saturated rings. The summed E-state index contributed by atoms with van der Waals surface area (Å²) in [5.41, 5.74) is 6.46. The molecule has 45 heavy (non-hydrogen) atoms. The van der Waals surface area contributed by atoms with Crippen LogP contribution in [0.2, 0.25) is 18.1 Å². The van der Waals surface area contributed by atoms with E-state index in [-0.39, 0.29) is 25.1 Å². The van der Waals surface area contributed by atoms with E-state index in [4.69, 9.17) is 4.43 Å². The Morgan fingerprint density at radius 3 is 1.22 bits per heavy atom. The first kappa shape index (κ1) is 35.3. The maximum absolute atomic E-state index is 6.34. The molecular formula is C39H41IrN3OSi+3. The molecule has 6 heteroatoms. The summed E-state index contributed by atoms with van der Waals surface area (Å²) in [5.74, 6) is 0.944. The Labute approximate surface area is 283 Å². The number of pyridine rings is 3. The summed E-state index contributed by atoms with van der Waals surface area (Å²) in [6, 6.07) is 46.3. The predicted octanol–water partition coefficient (Wildman–Crippen LogP) is 10.6. The van der Waals surface area contributed by atoms with Crippen molar-refractivity contribution in [3.63, 3.8) is 0 Å². The standard InChI is InChI=1S/C17H23NOSi.2C11H9N.Ir/c1-17(2,3)20(4,5)19-15-10-8-9-14(13-15)16-11-6-7-12-18-16;2*1-2-6-10(7-3-1)11-8-4-5-9-12-11;/h6-13H,1-5H3;2*1-9H;/q;;;+3. The minimum atomic E-state index is -1.79. The first-order valence-corrected chi connectivity index (χ1v) is 17.8. The Hall–Kier alpha value is -4.22. The van der Waals surface area contributed by atoms with Gasteiger partial charge in [0.15, 0.2) is 0 Å². The summed E-state index contributed by atoms with van der Waals surface area (Å²) in [4.78, 5) is 12.9. The second-order valence-electron chi connectivity index (χ2n) is 11.8. The van der Waals surface area contributed by atoms with Gasteiger partial charge in [-0.2, -0.15) is 0 Å². The van der Waals surface area contributed by atoms with Crippen LogP contribution < -0.4 is 4.43 Å². The van der Waals surface area contributed by atoms with E-state index in [0.29, 0.717) is 0 Å². The molecule has 0 aliphatic rings. The van der Waals surface area contributed by atoms with E-state index in [9.17, 15) is 0 Å². The molecule has 0 saturated heterocycles. The summed E-state index contributed by atoms with van der Waals surface area (Å²) in [6.45, 7) is 11.3. The van der Waals surface area contributed by atoms with Gasteiger partial charge in [-0.05, 0) is 66.7 Å². The maximum Gasteiger partial charge on any atom is 3.00 e. The fourth-order valence-corrected chi connectivity index (χ4v) is 5.01. The number of aromatic nitrogens is 3. The zero-order chi connectivity index (χ0) is 31.3. The molecule has 3 aromatic heterocycles. The summed E-state index contributed by atoms with van der Waals surface area (Å²) >= 11 is 0. The van der Waals surface area contributed by atoms with Gasteiger partial charge in [0.2, 0.25) is 8.32 Å². The molecule has 228 valence electrons. The minimum absolute atomic E-state index is 0. The van der Waals surface area contributed by atoms with Gasteiger partial charge in [-0.3, -0.25) is 15.0 Å². The third-order valence-electron chi connectivity index (χ3n) is 7.44. The zero-order valence-corrected chi connectivity index (χ0v) is 30.0. The van der Waals surface area contributed by atoms with Crippen LogP contribution in [-0.2, 0) is 20.1 Å². The van der Waals surface area contributed by atoms with E-state index in [1.54, 1.807) is 0 Å². The molecule has 0 aliphatic heterocycles. The third kappa shape index (κ3) is 11.0. The fourth-order valence-electron chi connectivity index (χ4n) is 3.99. The maximum atomic E-state index is 6.34. The van der Waals surface area contributed by atoms with Crippen LogP contribution in [0.3, 0.4) is 0 Å². The Bertz CT molecular complexity index is 1510. The van der Waals surface area contributed by atoms with Gasteiger partial charge in [-0.25, -0.2) is 0 Å². The van der Waals surface area contributed by atoms with Gasteiger partial charge in [0.25, 0.3) is 0 Å². The number of nitrogens with zero attached hydrogens (tertiary/aromatic N) is 3. The van der Waals surface area contributed by atoms with Crippen molar-refractivity contribution in [1.82, 2.24) is 15.0 Å². The molecule has 0 unspecified atom stereocenters.